The van der Waals surface area contributed by atoms with Gasteiger partial charge in [-0.1, -0.05) is 6.07 Å². The lowest BCUT2D eigenvalue weighted by molar-refractivity contribution is 0.242. The van der Waals surface area contributed by atoms with E-state index in [0.29, 0.717) is 12.2 Å². The Hall–Kier alpha value is -2.11. The van der Waals surface area contributed by atoms with Gasteiger partial charge in [-0.2, -0.15) is 10.5 Å². The molecule has 1 N–H and O–H groups in total. The Morgan fingerprint density at radius 3 is 2.68 bits per heavy atom. The van der Waals surface area contributed by atoms with E-state index >= 15 is 0 Å². The van der Waals surface area contributed by atoms with Crippen molar-refractivity contribution in [1.29, 1.82) is 10.5 Å². The molecular weight excluding hydrogens is 243 g/mol. The molecule has 0 spiro atoms. The van der Waals surface area contributed by atoms with E-state index in [-0.39, 0.29) is 11.6 Å². The standard InChI is InChI=1S/C14H15FN4/c15-13-2-1-3-14(12(13)10-17)18-11-4-7-19(8-5-11)9-6-16/h1-3,11,18H,4-5,7-9H2. The minimum absolute atomic E-state index is 0.0713. The second kappa shape index (κ2) is 6.17. The maximum atomic E-state index is 13.5. The number of nitrogens with one attached hydrogen (secondary N) is 1. The number of rotatable bonds is 3. The van der Waals surface area contributed by atoms with Crippen LogP contribution in [0.1, 0.15) is 18.4 Å². The predicted octanol–water partition coefficient (Wildman–Crippen LogP) is 2.10. The van der Waals surface area contributed by atoms with Crippen LogP contribution in [0.2, 0.25) is 0 Å². The summed E-state index contributed by atoms with van der Waals surface area (Å²) in [7, 11) is 0. The summed E-state index contributed by atoms with van der Waals surface area (Å²) in [6.07, 6.45) is 1.78. The largest absolute Gasteiger partial charge is 0.381 e. The Kier molecular flexibility index (Phi) is 4.33. The molecule has 1 saturated heterocycles. The normalized spacial score (nSPS) is 16.6. The molecular formula is C14H15FN4. The number of halogens is 1. The molecule has 0 amide bonds. The van der Waals surface area contributed by atoms with Gasteiger partial charge in [-0.3, -0.25) is 4.90 Å². The Bertz CT molecular complexity index is 521. The van der Waals surface area contributed by atoms with Crippen molar-refractivity contribution < 1.29 is 4.39 Å². The molecule has 1 aliphatic rings. The molecule has 1 heterocycles. The molecule has 0 unspecified atom stereocenters. The van der Waals surface area contributed by atoms with Crippen molar-refractivity contribution in [2.24, 2.45) is 0 Å². The molecule has 4 nitrogen and oxygen atoms in total. The highest BCUT2D eigenvalue weighted by Crippen LogP contribution is 2.21. The summed E-state index contributed by atoms with van der Waals surface area (Å²) in [5, 5.41) is 20.8. The van der Waals surface area contributed by atoms with Gasteiger partial charge in [0, 0.05) is 19.1 Å². The smallest absolute Gasteiger partial charge is 0.143 e. The van der Waals surface area contributed by atoms with Gasteiger partial charge in [0.15, 0.2) is 0 Å². The summed E-state index contributed by atoms with van der Waals surface area (Å²) in [5.41, 5.74) is 0.628. The maximum Gasteiger partial charge on any atom is 0.143 e. The van der Waals surface area contributed by atoms with E-state index in [1.807, 2.05) is 6.07 Å². The first-order valence-electron chi connectivity index (χ1n) is 6.29. The fraction of sp³-hybridized carbons (Fsp3) is 0.429. The first kappa shape index (κ1) is 13.3. The van der Waals surface area contributed by atoms with Gasteiger partial charge in [-0.05, 0) is 25.0 Å². The highest BCUT2D eigenvalue weighted by molar-refractivity contribution is 5.58. The third kappa shape index (κ3) is 3.21. The lowest BCUT2D eigenvalue weighted by atomic mass is 10.0. The summed E-state index contributed by atoms with van der Waals surface area (Å²) in [6.45, 7) is 2.15. The number of nitrogens with zero attached hydrogens (tertiary/aromatic N) is 3. The molecule has 1 aromatic rings. The molecule has 0 atom stereocenters. The van der Waals surface area contributed by atoms with E-state index in [9.17, 15) is 4.39 Å². The second-order valence-corrected chi connectivity index (χ2v) is 4.63. The summed E-state index contributed by atoms with van der Waals surface area (Å²) < 4.78 is 13.5. The Morgan fingerprint density at radius 2 is 2.05 bits per heavy atom. The zero-order chi connectivity index (χ0) is 13.7. The summed E-state index contributed by atoms with van der Waals surface area (Å²) in [6, 6.07) is 8.87. The van der Waals surface area contributed by atoms with Crippen LogP contribution in [0, 0.1) is 28.5 Å². The van der Waals surface area contributed by atoms with E-state index in [4.69, 9.17) is 10.5 Å². The van der Waals surface area contributed by atoms with Gasteiger partial charge in [-0.15, -0.1) is 0 Å². The first-order valence-corrected chi connectivity index (χ1v) is 6.29. The average Bonchev–Trinajstić information content (AvgIpc) is 2.42. The zero-order valence-corrected chi connectivity index (χ0v) is 10.6. The molecule has 1 aliphatic heterocycles. The zero-order valence-electron chi connectivity index (χ0n) is 10.6. The molecule has 0 bridgehead atoms. The van der Waals surface area contributed by atoms with Gasteiger partial charge in [0.05, 0.1) is 18.3 Å². The summed E-state index contributed by atoms with van der Waals surface area (Å²) in [4.78, 5) is 2.09. The maximum absolute atomic E-state index is 13.5. The SMILES string of the molecule is N#CCN1CCC(Nc2cccc(F)c2C#N)CC1. The molecule has 98 valence electrons. The van der Waals surface area contributed by atoms with Crippen LogP contribution in [0.5, 0.6) is 0 Å². The van der Waals surface area contributed by atoms with Gasteiger partial charge in [0.1, 0.15) is 17.4 Å². The van der Waals surface area contributed by atoms with E-state index in [1.54, 1.807) is 12.1 Å². The van der Waals surface area contributed by atoms with Crippen LogP contribution < -0.4 is 5.32 Å². The van der Waals surface area contributed by atoms with E-state index in [0.717, 1.165) is 25.9 Å². The minimum atomic E-state index is -0.491. The third-order valence-electron chi connectivity index (χ3n) is 3.37. The Morgan fingerprint density at radius 1 is 1.32 bits per heavy atom. The number of benzene rings is 1. The van der Waals surface area contributed by atoms with Crippen LogP contribution in [0.25, 0.3) is 0 Å². The number of hydrogen-bond acceptors (Lipinski definition) is 4. The van der Waals surface area contributed by atoms with Crippen molar-refractivity contribution >= 4 is 5.69 Å². The fourth-order valence-corrected chi connectivity index (χ4v) is 2.31. The van der Waals surface area contributed by atoms with Crippen molar-refractivity contribution in [3.8, 4) is 12.1 Å². The highest BCUT2D eigenvalue weighted by atomic mass is 19.1. The van der Waals surface area contributed by atoms with Crippen LogP contribution in [0.3, 0.4) is 0 Å². The van der Waals surface area contributed by atoms with Crippen molar-refractivity contribution in [1.82, 2.24) is 4.90 Å². The van der Waals surface area contributed by atoms with Gasteiger partial charge >= 0.3 is 0 Å². The Balaban J connectivity index is 1.99. The predicted molar refractivity (Wildman–Crippen MR) is 69.8 cm³/mol. The minimum Gasteiger partial charge on any atom is -0.381 e. The van der Waals surface area contributed by atoms with Crippen molar-refractivity contribution in [2.45, 2.75) is 18.9 Å². The topological polar surface area (TPSA) is 62.9 Å². The van der Waals surface area contributed by atoms with Gasteiger partial charge < -0.3 is 5.32 Å². The number of nitriles is 2. The summed E-state index contributed by atoms with van der Waals surface area (Å²) >= 11 is 0. The van der Waals surface area contributed by atoms with E-state index in [2.05, 4.69) is 16.3 Å². The number of anilines is 1. The van der Waals surface area contributed by atoms with Crippen molar-refractivity contribution in [3.63, 3.8) is 0 Å². The van der Waals surface area contributed by atoms with Gasteiger partial charge in [-0.25, -0.2) is 4.39 Å². The fourth-order valence-electron chi connectivity index (χ4n) is 2.31. The highest BCUT2D eigenvalue weighted by Gasteiger charge is 2.20. The molecule has 0 aliphatic carbocycles. The molecule has 1 aromatic carbocycles. The first-order chi connectivity index (χ1) is 9.24. The second-order valence-electron chi connectivity index (χ2n) is 4.63. The molecule has 0 aromatic heterocycles. The van der Waals surface area contributed by atoms with Crippen LogP contribution in [-0.4, -0.2) is 30.6 Å². The van der Waals surface area contributed by atoms with Crippen molar-refractivity contribution in [3.05, 3.63) is 29.6 Å². The quantitative estimate of drug-likeness (QED) is 0.843. The van der Waals surface area contributed by atoms with E-state index < -0.39 is 5.82 Å². The van der Waals surface area contributed by atoms with Gasteiger partial charge in [0.25, 0.3) is 0 Å². The van der Waals surface area contributed by atoms with E-state index in [1.165, 1.54) is 6.07 Å². The van der Waals surface area contributed by atoms with Crippen molar-refractivity contribution in [2.75, 3.05) is 25.0 Å². The molecule has 19 heavy (non-hydrogen) atoms. The molecule has 5 heteroatoms. The average molecular weight is 258 g/mol. The van der Waals surface area contributed by atoms with Gasteiger partial charge in [0.2, 0.25) is 0 Å². The molecule has 1 fully saturated rings. The molecule has 0 saturated carbocycles. The number of hydrogen-bond donors (Lipinski definition) is 1. The monoisotopic (exact) mass is 258 g/mol. The summed E-state index contributed by atoms with van der Waals surface area (Å²) in [5.74, 6) is -0.491. The lowest BCUT2D eigenvalue weighted by Crippen LogP contribution is -2.39. The molecule has 0 radical (unpaired) electrons. The number of piperidine rings is 1. The van der Waals surface area contributed by atoms with Crippen LogP contribution >= 0.6 is 0 Å². The van der Waals surface area contributed by atoms with Crippen LogP contribution in [0.4, 0.5) is 10.1 Å². The van der Waals surface area contributed by atoms with Crippen LogP contribution in [-0.2, 0) is 0 Å². The van der Waals surface area contributed by atoms with Crippen LogP contribution in [0.15, 0.2) is 18.2 Å². The molecule has 2 rings (SSSR count). The lowest BCUT2D eigenvalue weighted by Gasteiger charge is -2.31. The Labute approximate surface area is 112 Å². The number of likely N-dealkylation sites (tertiary alicyclic amines) is 1. The third-order valence-corrected chi connectivity index (χ3v) is 3.37.